The van der Waals surface area contributed by atoms with Crippen molar-refractivity contribution < 1.29 is 14.7 Å². The Bertz CT molecular complexity index is 310. The molecule has 0 bridgehead atoms. The molecule has 0 unspecified atom stereocenters. The van der Waals surface area contributed by atoms with Crippen LogP contribution in [0, 0.1) is 5.41 Å². The average Bonchev–Trinajstić information content (AvgIpc) is 2.34. The van der Waals surface area contributed by atoms with Crippen LogP contribution in [0.2, 0.25) is 0 Å². The van der Waals surface area contributed by atoms with E-state index in [0.29, 0.717) is 19.3 Å². The summed E-state index contributed by atoms with van der Waals surface area (Å²) in [7, 11) is 0. The van der Waals surface area contributed by atoms with Crippen molar-refractivity contribution in [2.75, 3.05) is 6.61 Å². The van der Waals surface area contributed by atoms with Crippen molar-refractivity contribution in [2.24, 2.45) is 5.41 Å². The van der Waals surface area contributed by atoms with Crippen molar-refractivity contribution in [3.63, 3.8) is 0 Å². The summed E-state index contributed by atoms with van der Waals surface area (Å²) in [5.41, 5.74) is -0.0589. The van der Waals surface area contributed by atoms with Gasteiger partial charge in [-0.25, -0.2) is 0 Å². The second kappa shape index (κ2) is 5.39. The van der Waals surface area contributed by atoms with Gasteiger partial charge in [0.25, 0.3) is 0 Å². The SMILES string of the molecule is CC[C@H](CO)N1C(=O)CC2(CCCCC2)CC1=O. The summed E-state index contributed by atoms with van der Waals surface area (Å²) in [5.74, 6) is -0.150. The van der Waals surface area contributed by atoms with Gasteiger partial charge in [-0.05, 0) is 24.7 Å². The van der Waals surface area contributed by atoms with E-state index in [1.54, 1.807) is 0 Å². The number of carbonyl (C=O) groups excluding carboxylic acids is 2. The Labute approximate surface area is 108 Å². The molecule has 102 valence electrons. The number of hydrogen-bond acceptors (Lipinski definition) is 3. The Kier molecular flexibility index (Phi) is 4.05. The predicted molar refractivity (Wildman–Crippen MR) is 67.8 cm³/mol. The Morgan fingerprint density at radius 2 is 1.72 bits per heavy atom. The lowest BCUT2D eigenvalue weighted by Gasteiger charge is -2.44. The highest BCUT2D eigenvalue weighted by molar-refractivity contribution is 5.99. The molecule has 0 aromatic carbocycles. The number of aliphatic hydroxyl groups is 1. The first kappa shape index (κ1) is 13.5. The second-order valence-electron chi connectivity index (χ2n) is 5.82. The van der Waals surface area contributed by atoms with Gasteiger partial charge in [0.2, 0.25) is 11.8 Å². The Morgan fingerprint density at radius 3 is 2.17 bits per heavy atom. The molecule has 4 heteroatoms. The number of hydrogen-bond donors (Lipinski definition) is 1. The van der Waals surface area contributed by atoms with Crippen molar-refractivity contribution >= 4 is 11.8 Å². The molecule has 0 aromatic heterocycles. The van der Waals surface area contributed by atoms with Crippen LogP contribution in [-0.4, -0.2) is 34.5 Å². The maximum Gasteiger partial charge on any atom is 0.230 e. The molecule has 2 rings (SSSR count). The van der Waals surface area contributed by atoms with Crippen molar-refractivity contribution in [1.82, 2.24) is 4.90 Å². The minimum Gasteiger partial charge on any atom is -0.394 e. The van der Waals surface area contributed by atoms with Gasteiger partial charge in [-0.3, -0.25) is 14.5 Å². The van der Waals surface area contributed by atoms with E-state index in [9.17, 15) is 14.7 Å². The number of nitrogens with zero attached hydrogens (tertiary/aromatic N) is 1. The molecule has 0 aromatic rings. The number of amides is 2. The van der Waals surface area contributed by atoms with Gasteiger partial charge in [0.15, 0.2) is 0 Å². The van der Waals surface area contributed by atoms with Gasteiger partial charge < -0.3 is 5.11 Å². The first-order valence-corrected chi connectivity index (χ1v) is 7.07. The van der Waals surface area contributed by atoms with E-state index >= 15 is 0 Å². The van der Waals surface area contributed by atoms with Crippen LogP contribution >= 0.6 is 0 Å². The average molecular weight is 253 g/mol. The monoisotopic (exact) mass is 253 g/mol. The van der Waals surface area contributed by atoms with Gasteiger partial charge in [-0.2, -0.15) is 0 Å². The van der Waals surface area contributed by atoms with E-state index < -0.39 is 0 Å². The molecule has 1 saturated heterocycles. The summed E-state index contributed by atoms with van der Waals surface area (Å²) in [6.07, 6.45) is 7.13. The van der Waals surface area contributed by atoms with Crippen LogP contribution in [-0.2, 0) is 9.59 Å². The summed E-state index contributed by atoms with van der Waals surface area (Å²) in [6.45, 7) is 1.77. The number of imide groups is 1. The van der Waals surface area contributed by atoms with Crippen molar-refractivity contribution in [2.45, 2.75) is 64.3 Å². The van der Waals surface area contributed by atoms with Crippen LogP contribution < -0.4 is 0 Å². The Balaban J connectivity index is 2.12. The van der Waals surface area contributed by atoms with Crippen LogP contribution in [0.1, 0.15) is 58.3 Å². The van der Waals surface area contributed by atoms with Crippen LogP contribution in [0.15, 0.2) is 0 Å². The zero-order valence-corrected chi connectivity index (χ0v) is 11.2. The third kappa shape index (κ3) is 2.44. The van der Waals surface area contributed by atoms with Gasteiger partial charge >= 0.3 is 0 Å². The summed E-state index contributed by atoms with van der Waals surface area (Å²) in [5, 5.41) is 9.27. The lowest BCUT2D eigenvalue weighted by atomic mass is 9.67. The van der Waals surface area contributed by atoms with E-state index in [0.717, 1.165) is 25.7 Å². The van der Waals surface area contributed by atoms with Crippen LogP contribution in [0.5, 0.6) is 0 Å². The molecule has 18 heavy (non-hydrogen) atoms. The topological polar surface area (TPSA) is 57.6 Å². The molecule has 1 N–H and O–H groups in total. The molecular formula is C14H23NO3. The number of aliphatic hydroxyl groups excluding tert-OH is 1. The molecule has 1 spiro atoms. The lowest BCUT2D eigenvalue weighted by molar-refractivity contribution is -0.158. The van der Waals surface area contributed by atoms with E-state index in [2.05, 4.69) is 0 Å². The van der Waals surface area contributed by atoms with E-state index in [-0.39, 0.29) is 29.9 Å². The molecule has 1 aliphatic heterocycles. The maximum absolute atomic E-state index is 12.2. The van der Waals surface area contributed by atoms with Crippen molar-refractivity contribution in [3.8, 4) is 0 Å². The van der Waals surface area contributed by atoms with Gasteiger partial charge in [0, 0.05) is 12.8 Å². The van der Waals surface area contributed by atoms with Gasteiger partial charge in [-0.1, -0.05) is 26.2 Å². The summed E-state index contributed by atoms with van der Waals surface area (Å²) >= 11 is 0. The third-order valence-corrected chi connectivity index (χ3v) is 4.55. The van der Waals surface area contributed by atoms with E-state index in [1.807, 2.05) is 6.92 Å². The van der Waals surface area contributed by atoms with Crippen molar-refractivity contribution in [3.05, 3.63) is 0 Å². The minimum absolute atomic E-state index is 0.0589. The van der Waals surface area contributed by atoms with Crippen molar-refractivity contribution in [1.29, 1.82) is 0 Å². The second-order valence-corrected chi connectivity index (χ2v) is 5.82. The third-order valence-electron chi connectivity index (χ3n) is 4.55. The van der Waals surface area contributed by atoms with Gasteiger partial charge in [0.05, 0.1) is 12.6 Å². The minimum atomic E-state index is -0.328. The van der Waals surface area contributed by atoms with Crippen LogP contribution in [0.3, 0.4) is 0 Å². The lowest BCUT2D eigenvalue weighted by Crippen LogP contribution is -2.53. The molecule has 2 amide bonds. The molecule has 0 radical (unpaired) electrons. The first-order chi connectivity index (χ1) is 8.62. The fourth-order valence-electron chi connectivity index (χ4n) is 3.47. The van der Waals surface area contributed by atoms with Gasteiger partial charge in [0.1, 0.15) is 0 Å². The standard InChI is InChI=1S/C14H23NO3/c1-2-11(10-16)15-12(17)8-14(9-13(15)18)6-4-3-5-7-14/h11,16H,2-10H2,1H3/t11-/m1/s1. The molecule has 1 aliphatic carbocycles. The molecule has 2 fully saturated rings. The maximum atomic E-state index is 12.2. The summed E-state index contributed by atoms with van der Waals surface area (Å²) < 4.78 is 0. The van der Waals surface area contributed by atoms with Crippen LogP contribution in [0.4, 0.5) is 0 Å². The first-order valence-electron chi connectivity index (χ1n) is 7.07. The highest BCUT2D eigenvalue weighted by atomic mass is 16.3. The molecule has 4 nitrogen and oxygen atoms in total. The number of rotatable bonds is 3. The Hall–Kier alpha value is -0.900. The Morgan fingerprint density at radius 1 is 1.17 bits per heavy atom. The van der Waals surface area contributed by atoms with Gasteiger partial charge in [-0.15, -0.1) is 0 Å². The quantitative estimate of drug-likeness (QED) is 0.781. The zero-order valence-electron chi connectivity index (χ0n) is 11.2. The smallest absolute Gasteiger partial charge is 0.230 e. The number of piperidine rings is 1. The fourth-order valence-corrected chi connectivity index (χ4v) is 3.47. The summed E-state index contributed by atoms with van der Waals surface area (Å²) in [6, 6.07) is -0.328. The largest absolute Gasteiger partial charge is 0.394 e. The van der Waals surface area contributed by atoms with E-state index in [4.69, 9.17) is 0 Å². The fraction of sp³-hybridized carbons (Fsp3) is 0.857. The predicted octanol–water partition coefficient (Wildman–Crippen LogP) is 1.86. The molecule has 1 heterocycles. The molecule has 2 aliphatic rings. The van der Waals surface area contributed by atoms with Crippen LogP contribution in [0.25, 0.3) is 0 Å². The normalized spacial score (nSPS) is 25.6. The summed E-state index contributed by atoms with van der Waals surface area (Å²) in [4.78, 5) is 25.8. The zero-order chi connectivity index (χ0) is 13.2. The number of carbonyl (C=O) groups is 2. The highest BCUT2D eigenvalue weighted by Gasteiger charge is 2.45. The van der Waals surface area contributed by atoms with E-state index in [1.165, 1.54) is 11.3 Å². The highest BCUT2D eigenvalue weighted by Crippen LogP contribution is 2.45. The molecule has 1 atom stereocenters. The molecular weight excluding hydrogens is 230 g/mol. The number of likely N-dealkylation sites (tertiary alicyclic amines) is 1. The molecule has 1 saturated carbocycles.